The maximum Gasteiger partial charge on any atom is 0.272 e. The van der Waals surface area contributed by atoms with E-state index < -0.39 is 0 Å². The number of ether oxygens (including phenoxy) is 1. The summed E-state index contributed by atoms with van der Waals surface area (Å²) in [6.07, 6.45) is 2.71. The van der Waals surface area contributed by atoms with Gasteiger partial charge in [-0.2, -0.15) is 5.10 Å². The summed E-state index contributed by atoms with van der Waals surface area (Å²) in [6, 6.07) is 19.7. The fourth-order valence-corrected chi connectivity index (χ4v) is 4.73. The molecule has 0 radical (unpaired) electrons. The number of benzene rings is 2. The smallest absolute Gasteiger partial charge is 0.272 e. The molecule has 2 aromatic carbocycles. The molecule has 3 aromatic rings. The van der Waals surface area contributed by atoms with Crippen molar-refractivity contribution in [3.05, 3.63) is 77.6 Å². The highest BCUT2D eigenvalue weighted by molar-refractivity contribution is 5.92. The molecule has 1 fully saturated rings. The highest BCUT2D eigenvalue weighted by Crippen LogP contribution is 2.44. The number of likely N-dealkylation sites (tertiary alicyclic amines) is 1. The van der Waals surface area contributed by atoms with E-state index in [0.29, 0.717) is 5.69 Å². The molecule has 2 aliphatic rings. The van der Waals surface area contributed by atoms with Gasteiger partial charge in [0.1, 0.15) is 11.4 Å². The fourth-order valence-electron chi connectivity index (χ4n) is 4.73. The van der Waals surface area contributed by atoms with Gasteiger partial charge in [-0.25, -0.2) is 4.68 Å². The van der Waals surface area contributed by atoms with Gasteiger partial charge in [-0.1, -0.05) is 36.4 Å². The number of para-hydroxylation sites is 2. The van der Waals surface area contributed by atoms with Crippen LogP contribution in [-0.4, -0.2) is 46.3 Å². The Morgan fingerprint density at radius 2 is 1.81 bits per heavy atom. The van der Waals surface area contributed by atoms with Crippen molar-refractivity contribution in [2.75, 3.05) is 20.1 Å². The third-order valence-electron chi connectivity index (χ3n) is 6.52. The summed E-state index contributed by atoms with van der Waals surface area (Å²) in [4.78, 5) is 15.5. The van der Waals surface area contributed by atoms with Crippen LogP contribution in [0, 0.1) is 6.92 Å². The van der Waals surface area contributed by atoms with Gasteiger partial charge in [-0.3, -0.25) is 4.79 Å². The van der Waals surface area contributed by atoms with E-state index in [1.165, 1.54) is 0 Å². The molecule has 1 amide bonds. The number of fused-ring (bicyclic) bond motifs is 1. The number of aryl methyl sites for hydroxylation is 1. The van der Waals surface area contributed by atoms with Crippen LogP contribution in [0.3, 0.4) is 0 Å². The standard InChI is InChI=1S/C25H28N4O2/c1-18-16-21(27-29(18)19-8-4-3-5-9-19)24(30)26-22-17-25(12-14-28(2)15-13-25)31-23-11-7-6-10-20(22)23/h3-11,16,22H,12-15,17H2,1-2H3,(H,26,30). The second-order valence-electron chi connectivity index (χ2n) is 8.77. The largest absolute Gasteiger partial charge is 0.487 e. The number of amides is 1. The van der Waals surface area contributed by atoms with Gasteiger partial charge in [0.2, 0.25) is 0 Å². The minimum absolute atomic E-state index is 0.0944. The first-order valence-electron chi connectivity index (χ1n) is 10.9. The van der Waals surface area contributed by atoms with Crippen molar-refractivity contribution < 1.29 is 9.53 Å². The molecule has 6 heteroatoms. The number of piperidine rings is 1. The van der Waals surface area contributed by atoms with Crippen molar-refractivity contribution in [3.63, 3.8) is 0 Å². The molecular formula is C25H28N4O2. The lowest BCUT2D eigenvalue weighted by Crippen LogP contribution is -2.51. The minimum Gasteiger partial charge on any atom is -0.487 e. The zero-order valence-corrected chi connectivity index (χ0v) is 18.0. The first-order valence-corrected chi connectivity index (χ1v) is 10.9. The van der Waals surface area contributed by atoms with E-state index in [2.05, 4.69) is 28.4 Å². The van der Waals surface area contributed by atoms with Gasteiger partial charge in [0.15, 0.2) is 5.69 Å². The number of carbonyl (C=O) groups excluding carboxylic acids is 1. The van der Waals surface area contributed by atoms with Gasteiger partial charge in [-0.15, -0.1) is 0 Å². The Morgan fingerprint density at radius 3 is 2.58 bits per heavy atom. The lowest BCUT2D eigenvalue weighted by molar-refractivity contribution is -0.0196. The molecule has 2 aliphatic heterocycles. The Hall–Kier alpha value is -3.12. The lowest BCUT2D eigenvalue weighted by atomic mass is 9.80. The van der Waals surface area contributed by atoms with Crippen LogP contribution in [0.5, 0.6) is 5.75 Å². The summed E-state index contributed by atoms with van der Waals surface area (Å²) in [6.45, 7) is 3.97. The minimum atomic E-state index is -0.224. The van der Waals surface area contributed by atoms with Crippen LogP contribution in [0.2, 0.25) is 0 Å². The molecule has 1 unspecified atom stereocenters. The van der Waals surface area contributed by atoms with Gasteiger partial charge < -0.3 is 15.0 Å². The van der Waals surface area contributed by atoms with Crippen LogP contribution in [0.4, 0.5) is 0 Å². The van der Waals surface area contributed by atoms with Gasteiger partial charge in [0.05, 0.1) is 11.7 Å². The van der Waals surface area contributed by atoms with E-state index in [1.807, 2.05) is 66.2 Å². The summed E-state index contributed by atoms with van der Waals surface area (Å²) in [5.74, 6) is 0.733. The van der Waals surface area contributed by atoms with E-state index in [0.717, 1.165) is 55.0 Å². The summed E-state index contributed by atoms with van der Waals surface area (Å²) in [5, 5.41) is 7.84. The number of nitrogens with zero attached hydrogens (tertiary/aromatic N) is 3. The molecule has 31 heavy (non-hydrogen) atoms. The maximum absolute atomic E-state index is 13.2. The number of carbonyl (C=O) groups is 1. The number of nitrogens with one attached hydrogen (secondary N) is 1. The summed E-state index contributed by atoms with van der Waals surface area (Å²) < 4.78 is 8.32. The Balaban J connectivity index is 1.40. The Morgan fingerprint density at radius 1 is 1.10 bits per heavy atom. The summed E-state index contributed by atoms with van der Waals surface area (Å²) >= 11 is 0. The Bertz CT molecular complexity index is 1080. The average molecular weight is 417 g/mol. The quantitative estimate of drug-likeness (QED) is 0.704. The highest BCUT2D eigenvalue weighted by atomic mass is 16.5. The van der Waals surface area contributed by atoms with Gasteiger partial charge in [0, 0.05) is 30.8 Å². The zero-order valence-electron chi connectivity index (χ0n) is 18.0. The van der Waals surface area contributed by atoms with Crippen molar-refractivity contribution in [1.29, 1.82) is 0 Å². The molecule has 1 saturated heterocycles. The normalized spacial score (nSPS) is 20.1. The maximum atomic E-state index is 13.2. The summed E-state index contributed by atoms with van der Waals surface area (Å²) in [5.41, 5.74) is 3.12. The molecule has 6 nitrogen and oxygen atoms in total. The summed E-state index contributed by atoms with van der Waals surface area (Å²) in [7, 11) is 2.15. The van der Waals surface area contributed by atoms with E-state index in [9.17, 15) is 4.79 Å². The molecule has 3 heterocycles. The van der Waals surface area contributed by atoms with Gasteiger partial charge in [-0.05, 0) is 51.1 Å². The van der Waals surface area contributed by atoms with E-state index in [-0.39, 0.29) is 17.6 Å². The van der Waals surface area contributed by atoms with Crippen LogP contribution in [0.25, 0.3) is 5.69 Å². The first-order chi connectivity index (χ1) is 15.0. The molecular weight excluding hydrogens is 388 g/mol. The number of rotatable bonds is 3. The van der Waals surface area contributed by atoms with Crippen molar-refractivity contribution in [3.8, 4) is 11.4 Å². The molecule has 1 spiro atoms. The second kappa shape index (κ2) is 7.85. The molecule has 160 valence electrons. The molecule has 1 aromatic heterocycles. The van der Waals surface area contributed by atoms with Crippen LogP contribution in [0.15, 0.2) is 60.7 Å². The van der Waals surface area contributed by atoms with Gasteiger partial charge in [0.25, 0.3) is 5.91 Å². The zero-order chi connectivity index (χ0) is 21.4. The molecule has 1 N–H and O–H groups in total. The third kappa shape index (κ3) is 3.83. The number of hydrogen-bond acceptors (Lipinski definition) is 4. The van der Waals surface area contributed by atoms with Crippen molar-refractivity contribution in [2.24, 2.45) is 0 Å². The van der Waals surface area contributed by atoms with E-state index in [1.54, 1.807) is 0 Å². The average Bonchev–Trinajstić information content (AvgIpc) is 3.18. The number of aromatic nitrogens is 2. The fraction of sp³-hybridized carbons (Fsp3) is 0.360. The number of hydrogen-bond donors (Lipinski definition) is 1. The van der Waals surface area contributed by atoms with Crippen molar-refractivity contribution in [1.82, 2.24) is 20.0 Å². The van der Waals surface area contributed by atoms with Crippen LogP contribution >= 0.6 is 0 Å². The monoisotopic (exact) mass is 416 g/mol. The molecule has 0 bridgehead atoms. The van der Waals surface area contributed by atoms with Crippen molar-refractivity contribution in [2.45, 2.75) is 37.8 Å². The predicted octanol–water partition coefficient (Wildman–Crippen LogP) is 3.90. The first kappa shape index (κ1) is 19.8. The van der Waals surface area contributed by atoms with E-state index in [4.69, 9.17) is 4.74 Å². The Kier molecular flexibility index (Phi) is 5.02. The molecule has 5 rings (SSSR count). The molecule has 1 atom stereocenters. The van der Waals surface area contributed by atoms with Crippen LogP contribution in [0.1, 0.15) is 47.1 Å². The molecule has 0 aliphatic carbocycles. The second-order valence-corrected chi connectivity index (χ2v) is 8.77. The third-order valence-corrected chi connectivity index (χ3v) is 6.52. The van der Waals surface area contributed by atoms with E-state index >= 15 is 0 Å². The Labute approximate surface area is 182 Å². The highest BCUT2D eigenvalue weighted by Gasteiger charge is 2.43. The predicted molar refractivity (Wildman–Crippen MR) is 120 cm³/mol. The van der Waals surface area contributed by atoms with Crippen LogP contribution < -0.4 is 10.1 Å². The molecule has 0 saturated carbocycles. The van der Waals surface area contributed by atoms with Gasteiger partial charge >= 0.3 is 0 Å². The SMILES string of the molecule is Cc1cc(C(=O)NC2CC3(CCN(C)CC3)Oc3ccccc32)nn1-c1ccccc1. The van der Waals surface area contributed by atoms with Crippen LogP contribution in [-0.2, 0) is 0 Å². The van der Waals surface area contributed by atoms with Crippen molar-refractivity contribution >= 4 is 5.91 Å². The topological polar surface area (TPSA) is 59.4 Å². The lowest BCUT2D eigenvalue weighted by Gasteiger charge is -2.46.